The van der Waals surface area contributed by atoms with Gasteiger partial charge < -0.3 is 14.4 Å². The maximum Gasteiger partial charge on any atom is 0.254 e. The van der Waals surface area contributed by atoms with E-state index in [2.05, 4.69) is 18.9 Å². The Morgan fingerprint density at radius 3 is 2.40 bits per heavy atom. The molecule has 0 aliphatic carbocycles. The fraction of sp³-hybridized carbons (Fsp3) is 0.435. The van der Waals surface area contributed by atoms with Crippen LogP contribution in [0.1, 0.15) is 35.8 Å². The SMILES string of the molecule is COCCN(CCOC)C(=O)c1cc(-c2ccccc2C)nc2c1cnn2C(C)C. The van der Waals surface area contributed by atoms with E-state index in [9.17, 15) is 4.79 Å². The maximum atomic E-state index is 13.6. The van der Waals surface area contributed by atoms with Crippen LogP contribution in [-0.2, 0) is 9.47 Å². The zero-order valence-corrected chi connectivity index (χ0v) is 18.4. The zero-order valence-electron chi connectivity index (χ0n) is 18.4. The van der Waals surface area contributed by atoms with Gasteiger partial charge in [-0.25, -0.2) is 9.67 Å². The molecule has 30 heavy (non-hydrogen) atoms. The van der Waals surface area contributed by atoms with Crippen molar-refractivity contribution < 1.29 is 14.3 Å². The molecule has 1 amide bonds. The van der Waals surface area contributed by atoms with Crippen LogP contribution < -0.4 is 0 Å². The van der Waals surface area contributed by atoms with Crippen molar-refractivity contribution in [2.75, 3.05) is 40.5 Å². The molecule has 0 atom stereocenters. The Morgan fingerprint density at radius 2 is 1.80 bits per heavy atom. The number of aromatic nitrogens is 3. The molecule has 3 rings (SSSR count). The van der Waals surface area contributed by atoms with E-state index in [0.29, 0.717) is 37.5 Å². The number of rotatable bonds is 9. The average Bonchev–Trinajstić information content (AvgIpc) is 3.17. The van der Waals surface area contributed by atoms with Gasteiger partial charge in [0.05, 0.1) is 36.1 Å². The van der Waals surface area contributed by atoms with Crippen molar-refractivity contribution >= 4 is 16.9 Å². The van der Waals surface area contributed by atoms with Gasteiger partial charge in [-0.1, -0.05) is 24.3 Å². The van der Waals surface area contributed by atoms with E-state index >= 15 is 0 Å². The average molecular weight is 411 g/mol. The van der Waals surface area contributed by atoms with Crippen LogP contribution in [-0.4, -0.2) is 66.1 Å². The first-order valence-electron chi connectivity index (χ1n) is 10.2. The quantitative estimate of drug-likeness (QED) is 0.538. The highest BCUT2D eigenvalue weighted by Crippen LogP contribution is 2.28. The summed E-state index contributed by atoms with van der Waals surface area (Å²) in [4.78, 5) is 20.2. The molecule has 160 valence electrons. The fourth-order valence-corrected chi connectivity index (χ4v) is 3.46. The van der Waals surface area contributed by atoms with Crippen molar-refractivity contribution in [1.82, 2.24) is 19.7 Å². The lowest BCUT2D eigenvalue weighted by atomic mass is 10.0. The molecule has 7 heteroatoms. The van der Waals surface area contributed by atoms with Crippen LogP contribution in [0.5, 0.6) is 0 Å². The summed E-state index contributed by atoms with van der Waals surface area (Å²) >= 11 is 0. The Bertz CT molecular complexity index is 1000. The van der Waals surface area contributed by atoms with Crippen LogP contribution in [0.15, 0.2) is 36.5 Å². The van der Waals surface area contributed by atoms with Crippen LogP contribution in [0.2, 0.25) is 0 Å². The fourth-order valence-electron chi connectivity index (χ4n) is 3.46. The molecule has 0 unspecified atom stereocenters. The number of benzene rings is 1. The molecule has 0 spiro atoms. The molecule has 0 radical (unpaired) electrons. The summed E-state index contributed by atoms with van der Waals surface area (Å²) in [7, 11) is 3.26. The number of carbonyl (C=O) groups excluding carboxylic acids is 1. The molecule has 0 N–H and O–H groups in total. The van der Waals surface area contributed by atoms with Crippen LogP contribution in [0.25, 0.3) is 22.3 Å². The highest BCUT2D eigenvalue weighted by Gasteiger charge is 2.23. The molecule has 0 saturated carbocycles. The summed E-state index contributed by atoms with van der Waals surface area (Å²) in [5, 5.41) is 5.27. The van der Waals surface area contributed by atoms with Crippen molar-refractivity contribution in [3.05, 3.63) is 47.7 Å². The first-order chi connectivity index (χ1) is 14.5. The smallest absolute Gasteiger partial charge is 0.254 e. The minimum Gasteiger partial charge on any atom is -0.383 e. The number of carbonyl (C=O) groups is 1. The molecule has 1 aromatic carbocycles. The van der Waals surface area contributed by atoms with Gasteiger partial charge in [0.15, 0.2) is 5.65 Å². The highest BCUT2D eigenvalue weighted by atomic mass is 16.5. The molecule has 2 heterocycles. The van der Waals surface area contributed by atoms with Crippen molar-refractivity contribution in [3.63, 3.8) is 0 Å². The van der Waals surface area contributed by atoms with Crippen LogP contribution in [0, 0.1) is 6.92 Å². The van der Waals surface area contributed by atoms with E-state index in [1.54, 1.807) is 25.3 Å². The number of hydrogen-bond acceptors (Lipinski definition) is 5. The van der Waals surface area contributed by atoms with Gasteiger partial charge in [0, 0.05) is 38.9 Å². The van der Waals surface area contributed by atoms with Gasteiger partial charge in [0.2, 0.25) is 0 Å². The Labute approximate surface area is 177 Å². The lowest BCUT2D eigenvalue weighted by Gasteiger charge is -2.23. The molecule has 0 saturated heterocycles. The second-order valence-electron chi connectivity index (χ2n) is 7.57. The Morgan fingerprint density at radius 1 is 1.13 bits per heavy atom. The lowest BCUT2D eigenvalue weighted by molar-refractivity contribution is 0.0629. The third-order valence-electron chi connectivity index (χ3n) is 5.13. The number of amides is 1. The third kappa shape index (κ3) is 4.52. The van der Waals surface area contributed by atoms with Crippen molar-refractivity contribution in [1.29, 1.82) is 0 Å². The second-order valence-corrected chi connectivity index (χ2v) is 7.57. The predicted molar refractivity (Wildman–Crippen MR) is 118 cm³/mol. The van der Waals surface area contributed by atoms with Crippen LogP contribution >= 0.6 is 0 Å². The monoisotopic (exact) mass is 410 g/mol. The van der Waals surface area contributed by atoms with Crippen molar-refractivity contribution in [3.8, 4) is 11.3 Å². The van der Waals surface area contributed by atoms with Gasteiger partial charge in [-0.3, -0.25) is 4.79 Å². The number of methoxy groups -OCH3 is 2. The van der Waals surface area contributed by atoms with Gasteiger partial charge >= 0.3 is 0 Å². The van der Waals surface area contributed by atoms with E-state index < -0.39 is 0 Å². The number of hydrogen-bond donors (Lipinski definition) is 0. The minimum atomic E-state index is -0.0744. The van der Waals surface area contributed by atoms with Crippen LogP contribution in [0.4, 0.5) is 0 Å². The van der Waals surface area contributed by atoms with Gasteiger partial charge in [-0.15, -0.1) is 0 Å². The molecule has 0 bridgehead atoms. The number of nitrogens with zero attached hydrogens (tertiary/aromatic N) is 4. The molecular weight excluding hydrogens is 380 g/mol. The molecule has 3 aromatic rings. The predicted octanol–water partition coefficient (Wildman–Crippen LogP) is 3.72. The summed E-state index contributed by atoms with van der Waals surface area (Å²) in [5.74, 6) is -0.0744. The molecule has 0 aliphatic rings. The van der Waals surface area contributed by atoms with E-state index in [-0.39, 0.29) is 11.9 Å². The maximum absolute atomic E-state index is 13.6. The normalized spacial score (nSPS) is 11.4. The first-order valence-corrected chi connectivity index (χ1v) is 10.2. The summed E-state index contributed by atoms with van der Waals surface area (Å²) in [5.41, 5.74) is 4.19. The number of aryl methyl sites for hydroxylation is 1. The van der Waals surface area contributed by atoms with Crippen molar-refractivity contribution in [2.45, 2.75) is 26.8 Å². The van der Waals surface area contributed by atoms with E-state index in [4.69, 9.17) is 14.5 Å². The molecule has 0 aliphatic heterocycles. The minimum absolute atomic E-state index is 0.0744. The highest BCUT2D eigenvalue weighted by molar-refractivity contribution is 6.06. The number of pyridine rings is 1. The summed E-state index contributed by atoms with van der Waals surface area (Å²) < 4.78 is 12.3. The Hall–Kier alpha value is -2.77. The Kier molecular flexibility index (Phi) is 7.18. The number of ether oxygens (including phenoxy) is 2. The van der Waals surface area contributed by atoms with Gasteiger partial charge in [0.25, 0.3) is 5.91 Å². The first kappa shape index (κ1) is 21.9. The van der Waals surface area contributed by atoms with Crippen LogP contribution in [0.3, 0.4) is 0 Å². The zero-order chi connectivity index (χ0) is 21.7. The third-order valence-corrected chi connectivity index (χ3v) is 5.13. The van der Waals surface area contributed by atoms with E-state index in [0.717, 1.165) is 22.2 Å². The largest absolute Gasteiger partial charge is 0.383 e. The van der Waals surface area contributed by atoms with Gasteiger partial charge in [0.1, 0.15) is 0 Å². The molecule has 2 aromatic heterocycles. The van der Waals surface area contributed by atoms with Gasteiger partial charge in [-0.2, -0.15) is 5.10 Å². The summed E-state index contributed by atoms with van der Waals surface area (Å²) in [6.07, 6.45) is 1.74. The van der Waals surface area contributed by atoms with Crippen molar-refractivity contribution in [2.24, 2.45) is 0 Å². The standard InChI is InChI=1S/C23H30N4O3/c1-16(2)27-22-20(15-24-27)19(23(28)26(10-12-29-4)11-13-30-5)14-21(25-22)18-9-7-6-8-17(18)3/h6-9,14-16H,10-13H2,1-5H3. The second kappa shape index (κ2) is 9.82. The van der Waals surface area contributed by atoms with E-state index in [1.165, 1.54) is 0 Å². The molecular formula is C23H30N4O3. The van der Waals surface area contributed by atoms with Gasteiger partial charge in [-0.05, 0) is 32.4 Å². The number of fused-ring (bicyclic) bond motifs is 1. The Balaban J connectivity index is 2.16. The topological polar surface area (TPSA) is 69.5 Å². The molecule has 7 nitrogen and oxygen atoms in total. The van der Waals surface area contributed by atoms with E-state index in [1.807, 2.05) is 41.9 Å². The summed E-state index contributed by atoms with van der Waals surface area (Å²) in [6.45, 7) is 8.05. The lowest BCUT2D eigenvalue weighted by Crippen LogP contribution is -2.36. The molecule has 0 fully saturated rings. The summed E-state index contributed by atoms with van der Waals surface area (Å²) in [6, 6.07) is 10.1.